The van der Waals surface area contributed by atoms with Crippen molar-refractivity contribution in [3.05, 3.63) is 66.0 Å². The van der Waals surface area contributed by atoms with E-state index >= 15 is 0 Å². The summed E-state index contributed by atoms with van der Waals surface area (Å²) in [6.45, 7) is 4.81. The summed E-state index contributed by atoms with van der Waals surface area (Å²) in [5.41, 5.74) is 2.49. The summed E-state index contributed by atoms with van der Waals surface area (Å²) >= 11 is 0. The van der Waals surface area contributed by atoms with E-state index in [1.807, 2.05) is 73.0 Å². The van der Waals surface area contributed by atoms with Crippen LogP contribution in [0.3, 0.4) is 0 Å². The van der Waals surface area contributed by atoms with Gasteiger partial charge in [-0.1, -0.05) is 56.3 Å². The number of nitrogens with zero attached hydrogens (tertiary/aromatic N) is 2. The zero-order valence-electron chi connectivity index (χ0n) is 16.5. The summed E-state index contributed by atoms with van der Waals surface area (Å²) in [6.07, 6.45) is 2.27. The van der Waals surface area contributed by atoms with Gasteiger partial charge in [-0.25, -0.2) is 4.98 Å². The zero-order valence-corrected chi connectivity index (χ0v) is 16.5. The van der Waals surface area contributed by atoms with E-state index in [-0.39, 0.29) is 24.2 Å². The SMILES string of the molecule is CCC(CC)C(=O)NCCc1nc2ccccc2n1CC(=O)c1ccccc1. The van der Waals surface area contributed by atoms with Gasteiger partial charge in [-0.3, -0.25) is 9.59 Å². The molecule has 2 aromatic carbocycles. The topological polar surface area (TPSA) is 64.0 Å². The Morgan fingerprint density at radius 2 is 1.68 bits per heavy atom. The largest absolute Gasteiger partial charge is 0.355 e. The fourth-order valence-electron chi connectivity index (χ4n) is 3.45. The number of benzene rings is 2. The molecule has 3 rings (SSSR count). The normalized spacial score (nSPS) is 11.1. The van der Waals surface area contributed by atoms with Gasteiger partial charge in [-0.05, 0) is 25.0 Å². The predicted octanol–water partition coefficient (Wildman–Crippen LogP) is 4.01. The predicted molar refractivity (Wildman–Crippen MR) is 111 cm³/mol. The molecular formula is C23H27N3O2. The summed E-state index contributed by atoms with van der Waals surface area (Å²) < 4.78 is 1.97. The molecule has 1 heterocycles. The van der Waals surface area contributed by atoms with Crippen LogP contribution in [0.5, 0.6) is 0 Å². The molecule has 146 valence electrons. The minimum Gasteiger partial charge on any atom is -0.355 e. The maximum absolute atomic E-state index is 12.7. The molecule has 0 bridgehead atoms. The highest BCUT2D eigenvalue weighted by atomic mass is 16.2. The van der Waals surface area contributed by atoms with E-state index in [2.05, 4.69) is 5.32 Å². The molecule has 1 N–H and O–H groups in total. The number of ketones is 1. The minimum atomic E-state index is 0.0473. The average molecular weight is 377 g/mol. The van der Waals surface area contributed by atoms with Crippen LogP contribution in [0.2, 0.25) is 0 Å². The van der Waals surface area contributed by atoms with Gasteiger partial charge in [0.2, 0.25) is 5.91 Å². The second-order valence-electron chi connectivity index (χ2n) is 6.95. The average Bonchev–Trinajstić information content (AvgIpc) is 3.07. The van der Waals surface area contributed by atoms with Crippen LogP contribution in [0.15, 0.2) is 54.6 Å². The van der Waals surface area contributed by atoms with Crippen LogP contribution in [-0.2, 0) is 17.8 Å². The fraction of sp³-hybridized carbons (Fsp3) is 0.348. The maximum Gasteiger partial charge on any atom is 0.223 e. The van der Waals surface area contributed by atoms with Gasteiger partial charge < -0.3 is 9.88 Å². The van der Waals surface area contributed by atoms with Gasteiger partial charge in [-0.2, -0.15) is 0 Å². The van der Waals surface area contributed by atoms with Gasteiger partial charge in [-0.15, -0.1) is 0 Å². The van der Waals surface area contributed by atoms with Gasteiger partial charge in [0.1, 0.15) is 5.82 Å². The molecule has 3 aromatic rings. The molecule has 0 radical (unpaired) electrons. The molecule has 0 aliphatic carbocycles. The van der Waals surface area contributed by atoms with Gasteiger partial charge in [0.05, 0.1) is 17.6 Å². The maximum atomic E-state index is 12.7. The van der Waals surface area contributed by atoms with Crippen LogP contribution in [0.25, 0.3) is 11.0 Å². The Morgan fingerprint density at radius 1 is 1.00 bits per heavy atom. The molecule has 1 aromatic heterocycles. The lowest BCUT2D eigenvalue weighted by molar-refractivity contribution is -0.125. The number of amides is 1. The van der Waals surface area contributed by atoms with Crippen LogP contribution >= 0.6 is 0 Å². The number of para-hydroxylation sites is 2. The molecule has 0 unspecified atom stereocenters. The van der Waals surface area contributed by atoms with Gasteiger partial charge in [0.15, 0.2) is 5.78 Å². The Hall–Kier alpha value is -2.95. The van der Waals surface area contributed by atoms with Crippen molar-refractivity contribution < 1.29 is 9.59 Å². The first-order valence-electron chi connectivity index (χ1n) is 9.94. The zero-order chi connectivity index (χ0) is 19.9. The minimum absolute atomic E-state index is 0.0473. The smallest absolute Gasteiger partial charge is 0.223 e. The second-order valence-corrected chi connectivity index (χ2v) is 6.95. The number of aromatic nitrogens is 2. The van der Waals surface area contributed by atoms with Crippen molar-refractivity contribution >= 4 is 22.7 Å². The van der Waals surface area contributed by atoms with Crippen LogP contribution in [0, 0.1) is 5.92 Å². The Morgan fingerprint density at radius 3 is 2.39 bits per heavy atom. The number of fused-ring (bicyclic) bond motifs is 1. The van der Waals surface area contributed by atoms with E-state index in [0.29, 0.717) is 18.5 Å². The molecule has 5 nitrogen and oxygen atoms in total. The summed E-state index contributed by atoms with van der Waals surface area (Å²) in [5.74, 6) is 1.01. The molecule has 0 aliphatic heterocycles. The number of hydrogen-bond acceptors (Lipinski definition) is 3. The third-order valence-corrected chi connectivity index (χ3v) is 5.14. The van der Waals surface area contributed by atoms with Crippen molar-refractivity contribution in [2.75, 3.05) is 6.54 Å². The number of Topliss-reactive ketones (excluding diaryl/α,β-unsaturated/α-hetero) is 1. The molecular weight excluding hydrogens is 350 g/mol. The van der Waals surface area contributed by atoms with Crippen molar-refractivity contribution in [3.63, 3.8) is 0 Å². The Balaban J connectivity index is 1.77. The van der Waals surface area contributed by atoms with Gasteiger partial charge in [0, 0.05) is 24.4 Å². The van der Waals surface area contributed by atoms with Crippen LogP contribution in [0.1, 0.15) is 42.9 Å². The number of nitrogens with one attached hydrogen (secondary N) is 1. The first kappa shape index (κ1) is 19.8. The molecule has 0 spiro atoms. The molecule has 0 saturated heterocycles. The van der Waals surface area contributed by atoms with E-state index in [4.69, 9.17) is 4.98 Å². The van der Waals surface area contributed by atoms with Crippen molar-refractivity contribution in [2.45, 2.75) is 39.7 Å². The van der Waals surface area contributed by atoms with E-state index in [1.165, 1.54) is 0 Å². The molecule has 0 atom stereocenters. The quantitative estimate of drug-likeness (QED) is 0.573. The second kappa shape index (κ2) is 9.31. The highest BCUT2D eigenvalue weighted by molar-refractivity contribution is 5.96. The third-order valence-electron chi connectivity index (χ3n) is 5.14. The number of carbonyl (C=O) groups is 2. The van der Waals surface area contributed by atoms with Crippen LogP contribution in [0.4, 0.5) is 0 Å². The lowest BCUT2D eigenvalue weighted by Crippen LogP contribution is -2.32. The fourth-order valence-corrected chi connectivity index (χ4v) is 3.45. The van der Waals surface area contributed by atoms with E-state index in [0.717, 1.165) is 29.7 Å². The number of rotatable bonds is 9. The van der Waals surface area contributed by atoms with E-state index in [9.17, 15) is 9.59 Å². The van der Waals surface area contributed by atoms with Crippen molar-refractivity contribution in [1.29, 1.82) is 0 Å². The van der Waals surface area contributed by atoms with Crippen molar-refractivity contribution in [2.24, 2.45) is 5.92 Å². The Bertz CT molecular complexity index is 943. The molecule has 0 aliphatic rings. The summed E-state index contributed by atoms with van der Waals surface area (Å²) in [4.78, 5) is 29.7. The molecule has 1 amide bonds. The number of hydrogen-bond donors (Lipinski definition) is 1. The highest BCUT2D eigenvalue weighted by Crippen LogP contribution is 2.17. The third kappa shape index (κ3) is 4.47. The van der Waals surface area contributed by atoms with Gasteiger partial charge >= 0.3 is 0 Å². The lowest BCUT2D eigenvalue weighted by atomic mass is 10.0. The Kier molecular flexibility index (Phi) is 6.58. The van der Waals surface area contributed by atoms with E-state index in [1.54, 1.807) is 0 Å². The monoisotopic (exact) mass is 377 g/mol. The van der Waals surface area contributed by atoms with Crippen molar-refractivity contribution in [3.8, 4) is 0 Å². The molecule has 28 heavy (non-hydrogen) atoms. The summed E-state index contributed by atoms with van der Waals surface area (Å²) in [7, 11) is 0. The van der Waals surface area contributed by atoms with Gasteiger partial charge in [0.25, 0.3) is 0 Å². The van der Waals surface area contributed by atoms with E-state index < -0.39 is 0 Å². The van der Waals surface area contributed by atoms with Crippen LogP contribution in [-0.4, -0.2) is 27.8 Å². The van der Waals surface area contributed by atoms with Crippen molar-refractivity contribution in [1.82, 2.24) is 14.9 Å². The van der Waals surface area contributed by atoms with Crippen LogP contribution < -0.4 is 5.32 Å². The molecule has 0 fully saturated rings. The standard InChI is InChI=1S/C23H27N3O2/c1-3-17(4-2)23(28)24-15-14-22-25-19-12-8-9-13-20(19)26(22)16-21(27)18-10-6-5-7-11-18/h5-13,17H,3-4,14-16H2,1-2H3,(H,24,28). The number of carbonyl (C=O) groups excluding carboxylic acids is 2. The lowest BCUT2D eigenvalue weighted by Gasteiger charge is -2.13. The highest BCUT2D eigenvalue weighted by Gasteiger charge is 2.16. The first-order chi connectivity index (χ1) is 13.6. The summed E-state index contributed by atoms with van der Waals surface area (Å²) in [6, 6.07) is 17.1. The Labute approximate surface area is 165 Å². The summed E-state index contributed by atoms with van der Waals surface area (Å²) in [5, 5.41) is 3.01. The molecule has 5 heteroatoms. The number of imidazole rings is 1. The first-order valence-corrected chi connectivity index (χ1v) is 9.94. The molecule has 0 saturated carbocycles.